The predicted octanol–water partition coefficient (Wildman–Crippen LogP) is -1.25. The van der Waals surface area contributed by atoms with E-state index in [0.717, 1.165) is 44.2 Å². The fraction of sp³-hybridized carbons (Fsp3) is 0.600. The third-order valence-electron chi connectivity index (χ3n) is 5.75. The number of rotatable bonds is 6. The molecule has 7 nitrogen and oxygen atoms in total. The fourth-order valence-electron chi connectivity index (χ4n) is 3.51. The lowest BCUT2D eigenvalue weighted by atomic mass is 9.90. The van der Waals surface area contributed by atoms with Crippen LogP contribution in [0.25, 0.3) is 0 Å². The van der Waals surface area contributed by atoms with Gasteiger partial charge in [-0.25, -0.2) is 0 Å². The van der Waals surface area contributed by atoms with Gasteiger partial charge in [0.1, 0.15) is 38.3 Å². The van der Waals surface area contributed by atoms with Crippen LogP contribution in [0.5, 0.6) is 11.5 Å². The van der Waals surface area contributed by atoms with E-state index in [1.165, 1.54) is 15.4 Å². The molecule has 1 amide bonds. The van der Waals surface area contributed by atoms with Crippen LogP contribution in [-0.2, 0) is 11.3 Å². The second-order valence-electron chi connectivity index (χ2n) is 8.06. The van der Waals surface area contributed by atoms with E-state index in [-0.39, 0.29) is 11.8 Å². The molecule has 0 aromatic heterocycles. The average Bonchev–Trinajstić information content (AvgIpc) is 3.10. The SMILES string of the molecule is CC(C)[C@](C)(C#N)NC(=O)C[NH+]1CC[NH+](Cc2ccc3c(c2)OCO3)CC1. The molecule has 3 N–H and O–H groups in total. The second-order valence-corrected chi connectivity index (χ2v) is 8.06. The number of nitriles is 1. The van der Waals surface area contributed by atoms with Gasteiger partial charge in [0, 0.05) is 5.56 Å². The minimum Gasteiger partial charge on any atom is -0.454 e. The number of piperazine rings is 1. The highest BCUT2D eigenvalue weighted by Gasteiger charge is 2.32. The summed E-state index contributed by atoms with van der Waals surface area (Å²) in [6, 6.07) is 8.37. The molecule has 2 aliphatic heterocycles. The number of nitrogens with zero attached hydrogens (tertiary/aromatic N) is 1. The number of carbonyl (C=O) groups is 1. The van der Waals surface area contributed by atoms with E-state index in [1.807, 2.05) is 19.9 Å². The molecule has 1 fully saturated rings. The van der Waals surface area contributed by atoms with Gasteiger partial charge in [-0.05, 0) is 31.0 Å². The van der Waals surface area contributed by atoms with Gasteiger partial charge in [-0.15, -0.1) is 0 Å². The molecule has 0 aliphatic carbocycles. The van der Waals surface area contributed by atoms with Crippen molar-refractivity contribution < 1.29 is 24.1 Å². The lowest BCUT2D eigenvalue weighted by molar-refractivity contribution is -1.02. The predicted molar refractivity (Wildman–Crippen MR) is 99.5 cm³/mol. The monoisotopic (exact) mass is 374 g/mol. The second kappa shape index (κ2) is 8.15. The Kier molecular flexibility index (Phi) is 5.88. The van der Waals surface area contributed by atoms with Crippen molar-refractivity contribution in [2.24, 2.45) is 5.92 Å². The number of nitrogens with one attached hydrogen (secondary N) is 3. The zero-order valence-corrected chi connectivity index (χ0v) is 16.4. The molecule has 27 heavy (non-hydrogen) atoms. The maximum Gasteiger partial charge on any atom is 0.276 e. The van der Waals surface area contributed by atoms with Crippen LogP contribution in [0.2, 0.25) is 0 Å². The maximum atomic E-state index is 12.4. The van der Waals surface area contributed by atoms with Gasteiger partial charge in [0.25, 0.3) is 5.91 Å². The average molecular weight is 374 g/mol. The van der Waals surface area contributed by atoms with Crippen LogP contribution in [0.15, 0.2) is 18.2 Å². The Morgan fingerprint density at radius 1 is 1.22 bits per heavy atom. The first-order valence-corrected chi connectivity index (χ1v) is 9.67. The van der Waals surface area contributed by atoms with E-state index in [1.54, 1.807) is 6.92 Å². The minimum atomic E-state index is -0.803. The van der Waals surface area contributed by atoms with E-state index in [4.69, 9.17) is 9.47 Å². The molecule has 0 radical (unpaired) electrons. The summed E-state index contributed by atoms with van der Waals surface area (Å²) >= 11 is 0. The normalized spacial score (nSPS) is 23.5. The summed E-state index contributed by atoms with van der Waals surface area (Å²) < 4.78 is 10.8. The Morgan fingerprint density at radius 3 is 2.56 bits per heavy atom. The number of carbonyl (C=O) groups excluding carboxylic acids is 1. The molecule has 2 aliphatic rings. The van der Waals surface area contributed by atoms with Gasteiger partial charge in [0.2, 0.25) is 6.79 Å². The van der Waals surface area contributed by atoms with Crippen LogP contribution in [0.1, 0.15) is 26.3 Å². The molecule has 0 unspecified atom stereocenters. The van der Waals surface area contributed by atoms with Gasteiger partial charge in [0.05, 0.1) is 6.07 Å². The first-order valence-electron chi connectivity index (χ1n) is 9.67. The first-order chi connectivity index (χ1) is 12.9. The number of amides is 1. The molecule has 0 bridgehead atoms. The quantitative estimate of drug-likeness (QED) is 0.582. The summed E-state index contributed by atoms with van der Waals surface area (Å²) in [6.07, 6.45) is 0. The van der Waals surface area contributed by atoms with E-state index in [2.05, 4.69) is 23.5 Å². The Balaban J connectivity index is 1.45. The molecular formula is C20H30N4O3+2. The maximum absolute atomic E-state index is 12.4. The van der Waals surface area contributed by atoms with Gasteiger partial charge in [-0.3, -0.25) is 4.79 Å². The number of ether oxygens (including phenoxy) is 2. The van der Waals surface area contributed by atoms with Crippen molar-refractivity contribution in [1.29, 1.82) is 5.26 Å². The molecule has 1 aromatic rings. The molecule has 3 rings (SSSR count). The lowest BCUT2D eigenvalue weighted by Gasteiger charge is -2.31. The van der Waals surface area contributed by atoms with Crippen LogP contribution in [0.4, 0.5) is 0 Å². The van der Waals surface area contributed by atoms with E-state index >= 15 is 0 Å². The first kappa shape index (κ1) is 19.5. The van der Waals surface area contributed by atoms with Gasteiger partial charge in [-0.2, -0.15) is 5.26 Å². The van der Waals surface area contributed by atoms with Gasteiger partial charge in [-0.1, -0.05) is 13.8 Å². The van der Waals surface area contributed by atoms with E-state index < -0.39 is 5.54 Å². The van der Waals surface area contributed by atoms with Gasteiger partial charge >= 0.3 is 0 Å². The summed E-state index contributed by atoms with van der Waals surface area (Å²) in [5.41, 5.74) is 0.445. The lowest BCUT2D eigenvalue weighted by Crippen LogP contribution is -3.28. The highest BCUT2D eigenvalue weighted by Crippen LogP contribution is 2.32. The molecule has 0 spiro atoms. The number of hydrogen-bond donors (Lipinski definition) is 3. The zero-order chi connectivity index (χ0) is 19.4. The topological polar surface area (TPSA) is 80.2 Å². The molecule has 1 atom stereocenters. The van der Waals surface area contributed by atoms with Crippen LogP contribution < -0.4 is 24.6 Å². The van der Waals surface area contributed by atoms with Crippen molar-refractivity contribution >= 4 is 5.91 Å². The van der Waals surface area contributed by atoms with E-state index in [0.29, 0.717) is 13.3 Å². The van der Waals surface area contributed by atoms with Crippen LogP contribution in [0, 0.1) is 17.2 Å². The number of quaternary nitrogens is 2. The Labute approximate surface area is 160 Å². The van der Waals surface area contributed by atoms with Crippen molar-refractivity contribution in [3.05, 3.63) is 23.8 Å². The van der Waals surface area contributed by atoms with Crippen molar-refractivity contribution in [3.8, 4) is 17.6 Å². The standard InChI is InChI=1S/C20H28N4O3/c1-15(2)20(3,13-21)22-19(25)12-24-8-6-23(7-9-24)11-16-4-5-17-18(10-16)27-14-26-17/h4-5,10,15H,6-9,11-12,14H2,1-3H3,(H,22,25)/p+2/t20-/m0/s1. The Bertz CT molecular complexity index is 722. The molecule has 2 heterocycles. The summed E-state index contributed by atoms with van der Waals surface area (Å²) in [7, 11) is 0. The number of hydrogen-bond acceptors (Lipinski definition) is 4. The highest BCUT2D eigenvalue weighted by atomic mass is 16.7. The molecule has 1 saturated heterocycles. The molecule has 0 saturated carbocycles. The third-order valence-corrected chi connectivity index (χ3v) is 5.75. The van der Waals surface area contributed by atoms with Crippen molar-refractivity contribution in [3.63, 3.8) is 0 Å². The van der Waals surface area contributed by atoms with Crippen LogP contribution in [0.3, 0.4) is 0 Å². The zero-order valence-electron chi connectivity index (χ0n) is 16.4. The molecule has 7 heteroatoms. The largest absolute Gasteiger partial charge is 0.454 e. The van der Waals surface area contributed by atoms with Crippen LogP contribution in [-0.4, -0.2) is 51.0 Å². The molecule has 1 aromatic carbocycles. The summed E-state index contributed by atoms with van der Waals surface area (Å²) in [6.45, 7) is 11.3. The molecule has 146 valence electrons. The Hall–Kier alpha value is -2.30. The van der Waals surface area contributed by atoms with Crippen molar-refractivity contribution in [1.82, 2.24) is 5.32 Å². The highest BCUT2D eigenvalue weighted by molar-refractivity contribution is 5.78. The van der Waals surface area contributed by atoms with Crippen LogP contribution >= 0.6 is 0 Å². The third kappa shape index (κ3) is 4.71. The van der Waals surface area contributed by atoms with Gasteiger partial charge < -0.3 is 24.6 Å². The van der Waals surface area contributed by atoms with Crippen molar-refractivity contribution in [2.75, 3.05) is 39.5 Å². The smallest absolute Gasteiger partial charge is 0.276 e. The summed E-state index contributed by atoms with van der Waals surface area (Å²) in [5, 5.41) is 12.3. The Morgan fingerprint density at radius 2 is 1.89 bits per heavy atom. The molecular weight excluding hydrogens is 344 g/mol. The van der Waals surface area contributed by atoms with Gasteiger partial charge in [0.15, 0.2) is 18.0 Å². The summed E-state index contributed by atoms with van der Waals surface area (Å²) in [5.74, 6) is 1.68. The number of benzene rings is 1. The minimum absolute atomic E-state index is 0.0398. The van der Waals surface area contributed by atoms with Crippen molar-refractivity contribution in [2.45, 2.75) is 32.9 Å². The number of fused-ring (bicyclic) bond motifs is 1. The fourth-order valence-corrected chi connectivity index (χ4v) is 3.51. The van der Waals surface area contributed by atoms with E-state index in [9.17, 15) is 10.1 Å². The summed E-state index contributed by atoms with van der Waals surface area (Å²) in [4.78, 5) is 15.2.